The highest BCUT2D eigenvalue weighted by Crippen LogP contribution is 2.24. The number of ether oxygens (including phenoxy) is 3. The van der Waals surface area contributed by atoms with Crippen molar-refractivity contribution in [1.29, 1.82) is 0 Å². The highest BCUT2D eigenvalue weighted by atomic mass is 16.7. The lowest BCUT2D eigenvalue weighted by Crippen LogP contribution is -2.37. The second kappa shape index (κ2) is 5.58. The van der Waals surface area contributed by atoms with Gasteiger partial charge < -0.3 is 14.2 Å². The Bertz CT molecular complexity index is 238. The highest BCUT2D eigenvalue weighted by Gasteiger charge is 2.30. The Hall–Kier alpha value is -1.26. The third-order valence-electron chi connectivity index (χ3n) is 2.37. The quantitative estimate of drug-likeness (QED) is 0.657. The highest BCUT2D eigenvalue weighted by molar-refractivity contribution is 5.66. The molecule has 15 heavy (non-hydrogen) atoms. The fourth-order valence-electron chi connectivity index (χ4n) is 1.72. The first-order valence-corrected chi connectivity index (χ1v) is 5.05. The summed E-state index contributed by atoms with van der Waals surface area (Å²) in [6.45, 7) is 1.35. The van der Waals surface area contributed by atoms with Gasteiger partial charge >= 0.3 is 12.1 Å². The molecule has 0 heterocycles. The summed E-state index contributed by atoms with van der Waals surface area (Å²) in [5, 5.41) is 0. The van der Waals surface area contributed by atoms with Crippen molar-refractivity contribution in [1.82, 2.24) is 0 Å². The third kappa shape index (κ3) is 3.77. The standard InChI is InChI=1S/C10H16O5/c1-7(11)14-8-5-3-4-6-9(8)15-10(12)13-2/h8-9H,3-6H2,1-2H3. The molecule has 0 aromatic rings. The Labute approximate surface area is 88.7 Å². The maximum Gasteiger partial charge on any atom is 0.508 e. The van der Waals surface area contributed by atoms with E-state index in [1.54, 1.807) is 0 Å². The van der Waals surface area contributed by atoms with Crippen LogP contribution in [0.1, 0.15) is 32.6 Å². The molecule has 0 N–H and O–H groups in total. The van der Waals surface area contributed by atoms with Crippen LogP contribution in [0.3, 0.4) is 0 Å². The number of carbonyl (C=O) groups excluding carboxylic acids is 2. The molecule has 2 unspecified atom stereocenters. The Morgan fingerprint density at radius 3 is 2.07 bits per heavy atom. The normalized spacial score (nSPS) is 25.5. The SMILES string of the molecule is COC(=O)OC1CCCCC1OC(C)=O. The van der Waals surface area contributed by atoms with Crippen LogP contribution in [0, 0.1) is 0 Å². The predicted molar refractivity (Wildman–Crippen MR) is 51.3 cm³/mol. The Kier molecular flexibility index (Phi) is 4.39. The molecule has 0 amide bonds. The lowest BCUT2D eigenvalue weighted by molar-refractivity contribution is -0.156. The van der Waals surface area contributed by atoms with Crippen LogP contribution >= 0.6 is 0 Å². The Morgan fingerprint density at radius 1 is 1.07 bits per heavy atom. The van der Waals surface area contributed by atoms with Gasteiger partial charge in [-0.15, -0.1) is 0 Å². The van der Waals surface area contributed by atoms with Crippen molar-refractivity contribution in [2.24, 2.45) is 0 Å². The first-order valence-electron chi connectivity index (χ1n) is 5.05. The van der Waals surface area contributed by atoms with Gasteiger partial charge in [0.1, 0.15) is 12.2 Å². The number of hydrogen-bond donors (Lipinski definition) is 0. The average molecular weight is 216 g/mol. The topological polar surface area (TPSA) is 61.8 Å². The summed E-state index contributed by atoms with van der Waals surface area (Å²) >= 11 is 0. The van der Waals surface area contributed by atoms with Gasteiger partial charge in [-0.2, -0.15) is 0 Å². The smallest absolute Gasteiger partial charge is 0.459 e. The van der Waals surface area contributed by atoms with Gasteiger partial charge in [0.15, 0.2) is 0 Å². The van der Waals surface area contributed by atoms with Crippen LogP contribution in [0.25, 0.3) is 0 Å². The second-order valence-electron chi connectivity index (χ2n) is 3.54. The fraction of sp³-hybridized carbons (Fsp3) is 0.800. The molecule has 0 aromatic carbocycles. The number of carbonyl (C=O) groups is 2. The first-order chi connectivity index (χ1) is 7.13. The number of methoxy groups -OCH3 is 1. The van der Waals surface area contributed by atoms with Gasteiger partial charge in [-0.1, -0.05) is 0 Å². The molecule has 0 bridgehead atoms. The van der Waals surface area contributed by atoms with E-state index in [1.807, 2.05) is 0 Å². The van der Waals surface area contributed by atoms with Gasteiger partial charge in [-0.3, -0.25) is 4.79 Å². The minimum Gasteiger partial charge on any atom is -0.459 e. The zero-order valence-corrected chi connectivity index (χ0v) is 9.02. The van der Waals surface area contributed by atoms with Crippen LogP contribution < -0.4 is 0 Å². The molecule has 1 aliphatic rings. The lowest BCUT2D eigenvalue weighted by atomic mass is 9.94. The van der Waals surface area contributed by atoms with Gasteiger partial charge in [-0.25, -0.2) is 4.79 Å². The molecular weight excluding hydrogens is 200 g/mol. The molecule has 1 saturated carbocycles. The molecule has 5 heteroatoms. The van der Waals surface area contributed by atoms with Crippen molar-refractivity contribution in [2.45, 2.75) is 44.8 Å². The van der Waals surface area contributed by atoms with Crippen molar-refractivity contribution in [3.63, 3.8) is 0 Å². The molecule has 0 radical (unpaired) electrons. The molecule has 5 nitrogen and oxygen atoms in total. The van der Waals surface area contributed by atoms with E-state index in [-0.39, 0.29) is 18.2 Å². The Balaban J connectivity index is 2.49. The van der Waals surface area contributed by atoms with Crippen LogP contribution in [-0.2, 0) is 19.0 Å². The molecular formula is C10H16O5. The van der Waals surface area contributed by atoms with Crippen molar-refractivity contribution in [2.75, 3.05) is 7.11 Å². The monoisotopic (exact) mass is 216 g/mol. The summed E-state index contributed by atoms with van der Waals surface area (Å²) in [5.41, 5.74) is 0. The van der Waals surface area contributed by atoms with Crippen LogP contribution in [0.5, 0.6) is 0 Å². The fourth-order valence-corrected chi connectivity index (χ4v) is 1.72. The zero-order valence-electron chi connectivity index (χ0n) is 9.02. The summed E-state index contributed by atoms with van der Waals surface area (Å²) in [6, 6.07) is 0. The van der Waals surface area contributed by atoms with Crippen LogP contribution in [0.4, 0.5) is 4.79 Å². The maximum atomic E-state index is 10.9. The van der Waals surface area contributed by atoms with E-state index >= 15 is 0 Å². The van der Waals surface area contributed by atoms with E-state index < -0.39 is 6.16 Å². The number of rotatable bonds is 2. The Morgan fingerprint density at radius 2 is 1.60 bits per heavy atom. The molecule has 0 aromatic heterocycles. The summed E-state index contributed by atoms with van der Waals surface area (Å²) in [5.74, 6) is -0.347. The van der Waals surface area contributed by atoms with E-state index in [4.69, 9.17) is 9.47 Å². The van der Waals surface area contributed by atoms with Crippen molar-refractivity contribution >= 4 is 12.1 Å². The van der Waals surface area contributed by atoms with E-state index in [2.05, 4.69) is 4.74 Å². The van der Waals surface area contributed by atoms with Crippen molar-refractivity contribution in [3.8, 4) is 0 Å². The molecule has 1 fully saturated rings. The molecule has 1 aliphatic carbocycles. The summed E-state index contributed by atoms with van der Waals surface area (Å²) in [7, 11) is 1.26. The van der Waals surface area contributed by atoms with E-state index in [0.29, 0.717) is 6.42 Å². The van der Waals surface area contributed by atoms with Gasteiger partial charge in [-0.05, 0) is 25.7 Å². The van der Waals surface area contributed by atoms with Crippen LogP contribution in [-0.4, -0.2) is 31.4 Å². The number of hydrogen-bond acceptors (Lipinski definition) is 5. The van der Waals surface area contributed by atoms with Gasteiger partial charge in [0.25, 0.3) is 0 Å². The number of esters is 1. The minimum absolute atomic E-state index is 0.324. The summed E-state index contributed by atoms with van der Waals surface area (Å²) in [4.78, 5) is 21.7. The summed E-state index contributed by atoms with van der Waals surface area (Å²) in [6.07, 6.45) is 2.00. The maximum absolute atomic E-state index is 10.9. The molecule has 0 spiro atoms. The van der Waals surface area contributed by atoms with Crippen LogP contribution in [0.15, 0.2) is 0 Å². The minimum atomic E-state index is -0.723. The third-order valence-corrected chi connectivity index (χ3v) is 2.37. The van der Waals surface area contributed by atoms with Gasteiger partial charge in [0, 0.05) is 6.92 Å². The second-order valence-corrected chi connectivity index (χ2v) is 3.54. The molecule has 0 saturated heterocycles. The van der Waals surface area contributed by atoms with E-state index in [9.17, 15) is 9.59 Å². The molecule has 86 valence electrons. The average Bonchev–Trinajstić information content (AvgIpc) is 2.20. The van der Waals surface area contributed by atoms with Crippen molar-refractivity contribution < 1.29 is 23.8 Å². The van der Waals surface area contributed by atoms with Crippen molar-refractivity contribution in [3.05, 3.63) is 0 Å². The van der Waals surface area contributed by atoms with Crippen LogP contribution in [0.2, 0.25) is 0 Å². The lowest BCUT2D eigenvalue weighted by Gasteiger charge is -2.29. The first kappa shape index (κ1) is 11.8. The van der Waals surface area contributed by atoms with E-state index in [1.165, 1.54) is 14.0 Å². The molecule has 1 rings (SSSR count). The summed E-state index contributed by atoms with van der Waals surface area (Å²) < 4.78 is 14.5. The van der Waals surface area contributed by atoms with Gasteiger partial charge in [0.05, 0.1) is 7.11 Å². The molecule has 2 atom stereocenters. The molecule has 0 aliphatic heterocycles. The largest absolute Gasteiger partial charge is 0.508 e. The zero-order chi connectivity index (χ0) is 11.3. The van der Waals surface area contributed by atoms with E-state index in [0.717, 1.165) is 19.3 Å². The predicted octanol–water partition coefficient (Wildman–Crippen LogP) is 1.64. The van der Waals surface area contributed by atoms with Gasteiger partial charge in [0.2, 0.25) is 0 Å².